The molecule has 3 rings (SSSR count). The van der Waals surface area contributed by atoms with Crippen LogP contribution in [-0.2, 0) is 19.6 Å². The molecule has 0 spiro atoms. The highest BCUT2D eigenvalue weighted by molar-refractivity contribution is 6.30. The fourth-order valence-electron chi connectivity index (χ4n) is 2.64. The first-order valence-corrected chi connectivity index (χ1v) is 9.41. The van der Waals surface area contributed by atoms with Gasteiger partial charge in [-0.25, -0.2) is 9.98 Å². The summed E-state index contributed by atoms with van der Waals surface area (Å²) in [7, 11) is 0. The average molecular weight is 382 g/mol. The number of hydrogen-bond donors (Lipinski definition) is 2. The van der Waals surface area contributed by atoms with Gasteiger partial charge < -0.3 is 15.2 Å². The molecule has 1 aromatic heterocycles. The Hall–Kier alpha value is -2.79. The molecular weight excluding hydrogens is 358 g/mol. The van der Waals surface area contributed by atoms with Crippen molar-refractivity contribution in [1.82, 2.24) is 20.2 Å². The predicted octanol–water partition coefficient (Wildman–Crippen LogP) is 3.84. The van der Waals surface area contributed by atoms with Crippen LogP contribution in [0.2, 0.25) is 5.02 Å². The maximum atomic E-state index is 5.93. The minimum absolute atomic E-state index is 0.607. The van der Waals surface area contributed by atoms with Crippen molar-refractivity contribution in [3.05, 3.63) is 89.0 Å². The highest BCUT2D eigenvalue weighted by Crippen LogP contribution is 2.10. The molecule has 3 aromatic rings. The number of nitrogens with one attached hydrogen (secondary N) is 2. The Morgan fingerprint density at radius 1 is 1.00 bits per heavy atom. The second kappa shape index (κ2) is 9.78. The lowest BCUT2D eigenvalue weighted by Gasteiger charge is -2.12. The standard InChI is InChI=1S/C21H24ClN5/c1-2-24-21(26-14-18-7-9-20(22)10-8-18)25-13-17-3-5-19(6-4-17)15-27-12-11-23-16-27/h3-12,16H,2,13-15H2,1H3,(H2,24,25,26). The molecule has 0 unspecified atom stereocenters. The summed E-state index contributed by atoms with van der Waals surface area (Å²) >= 11 is 5.93. The molecule has 0 aliphatic heterocycles. The molecular formula is C21H24ClN5. The molecule has 0 aliphatic rings. The van der Waals surface area contributed by atoms with Crippen LogP contribution >= 0.6 is 11.6 Å². The van der Waals surface area contributed by atoms with Gasteiger partial charge in [0.15, 0.2) is 5.96 Å². The third kappa shape index (κ3) is 6.15. The van der Waals surface area contributed by atoms with E-state index in [1.807, 2.05) is 36.8 Å². The fourth-order valence-corrected chi connectivity index (χ4v) is 2.77. The van der Waals surface area contributed by atoms with E-state index >= 15 is 0 Å². The molecule has 0 saturated heterocycles. The van der Waals surface area contributed by atoms with Gasteiger partial charge in [-0.05, 0) is 35.7 Å². The van der Waals surface area contributed by atoms with Gasteiger partial charge in [0.2, 0.25) is 0 Å². The zero-order chi connectivity index (χ0) is 18.9. The topological polar surface area (TPSA) is 54.2 Å². The number of imidazole rings is 1. The van der Waals surface area contributed by atoms with Crippen molar-refractivity contribution in [2.24, 2.45) is 4.99 Å². The van der Waals surface area contributed by atoms with E-state index in [0.29, 0.717) is 6.54 Å². The van der Waals surface area contributed by atoms with Crippen LogP contribution in [0.25, 0.3) is 0 Å². The first kappa shape index (κ1) is 19.0. The summed E-state index contributed by atoms with van der Waals surface area (Å²) in [5, 5.41) is 7.40. The van der Waals surface area contributed by atoms with E-state index in [-0.39, 0.29) is 0 Å². The van der Waals surface area contributed by atoms with Crippen LogP contribution in [0.3, 0.4) is 0 Å². The summed E-state index contributed by atoms with van der Waals surface area (Å²) in [6.45, 7) is 5.04. The number of aliphatic imine (C=N–C) groups is 1. The van der Waals surface area contributed by atoms with Gasteiger partial charge in [0.1, 0.15) is 0 Å². The van der Waals surface area contributed by atoms with Gasteiger partial charge in [0.25, 0.3) is 0 Å². The Bertz CT molecular complexity index is 839. The molecule has 1 heterocycles. The Morgan fingerprint density at radius 2 is 1.70 bits per heavy atom. The zero-order valence-corrected chi connectivity index (χ0v) is 16.2. The number of hydrogen-bond acceptors (Lipinski definition) is 2. The van der Waals surface area contributed by atoms with Gasteiger partial charge in [0.05, 0.1) is 12.9 Å². The molecule has 0 radical (unpaired) electrons. The minimum atomic E-state index is 0.607. The van der Waals surface area contributed by atoms with Crippen molar-refractivity contribution in [2.45, 2.75) is 26.6 Å². The smallest absolute Gasteiger partial charge is 0.191 e. The number of nitrogens with zero attached hydrogens (tertiary/aromatic N) is 3. The number of halogens is 1. The van der Waals surface area contributed by atoms with Crippen molar-refractivity contribution >= 4 is 17.6 Å². The Morgan fingerprint density at radius 3 is 2.37 bits per heavy atom. The Labute approximate surface area is 165 Å². The van der Waals surface area contributed by atoms with E-state index in [2.05, 4.69) is 56.4 Å². The molecule has 2 aromatic carbocycles. The zero-order valence-electron chi connectivity index (χ0n) is 15.4. The van der Waals surface area contributed by atoms with Crippen LogP contribution in [0.4, 0.5) is 0 Å². The van der Waals surface area contributed by atoms with Crippen LogP contribution in [0.5, 0.6) is 0 Å². The van der Waals surface area contributed by atoms with Crippen molar-refractivity contribution in [2.75, 3.05) is 6.54 Å². The summed E-state index contributed by atoms with van der Waals surface area (Å²) in [5.74, 6) is 0.801. The Balaban J connectivity index is 1.55. The summed E-state index contributed by atoms with van der Waals surface area (Å²) in [6.07, 6.45) is 5.59. The van der Waals surface area contributed by atoms with Gasteiger partial charge in [-0.3, -0.25) is 0 Å². The van der Waals surface area contributed by atoms with Crippen LogP contribution < -0.4 is 10.6 Å². The minimum Gasteiger partial charge on any atom is -0.357 e. The molecule has 0 amide bonds. The number of benzene rings is 2. The first-order valence-electron chi connectivity index (χ1n) is 9.03. The molecule has 0 atom stereocenters. The van der Waals surface area contributed by atoms with Crippen molar-refractivity contribution in [3.63, 3.8) is 0 Å². The molecule has 0 saturated carbocycles. The second-order valence-corrected chi connectivity index (χ2v) is 6.66. The molecule has 0 bridgehead atoms. The summed E-state index contributed by atoms with van der Waals surface area (Å²) in [6, 6.07) is 16.3. The molecule has 140 valence electrons. The Kier molecular flexibility index (Phi) is 6.88. The maximum absolute atomic E-state index is 5.93. The van der Waals surface area contributed by atoms with E-state index in [0.717, 1.165) is 36.2 Å². The van der Waals surface area contributed by atoms with E-state index < -0.39 is 0 Å². The molecule has 2 N–H and O–H groups in total. The van der Waals surface area contributed by atoms with Crippen LogP contribution in [0.15, 0.2) is 72.2 Å². The largest absolute Gasteiger partial charge is 0.357 e. The number of guanidine groups is 1. The number of aromatic nitrogens is 2. The summed E-state index contributed by atoms with van der Waals surface area (Å²) in [5.41, 5.74) is 3.59. The van der Waals surface area contributed by atoms with Crippen molar-refractivity contribution in [1.29, 1.82) is 0 Å². The van der Waals surface area contributed by atoms with Gasteiger partial charge in [0, 0.05) is 37.1 Å². The lowest BCUT2D eigenvalue weighted by molar-refractivity contribution is 0.793. The van der Waals surface area contributed by atoms with Gasteiger partial charge >= 0.3 is 0 Å². The summed E-state index contributed by atoms with van der Waals surface area (Å²) in [4.78, 5) is 8.71. The van der Waals surface area contributed by atoms with Crippen molar-refractivity contribution < 1.29 is 0 Å². The third-order valence-electron chi connectivity index (χ3n) is 4.08. The predicted molar refractivity (Wildman–Crippen MR) is 111 cm³/mol. The molecule has 27 heavy (non-hydrogen) atoms. The molecule has 5 nitrogen and oxygen atoms in total. The normalized spacial score (nSPS) is 11.4. The van der Waals surface area contributed by atoms with Gasteiger partial charge in [-0.15, -0.1) is 0 Å². The molecule has 0 aliphatic carbocycles. The molecule has 6 heteroatoms. The van der Waals surface area contributed by atoms with Crippen LogP contribution in [-0.4, -0.2) is 22.1 Å². The average Bonchev–Trinajstić information content (AvgIpc) is 3.19. The van der Waals surface area contributed by atoms with E-state index in [9.17, 15) is 0 Å². The first-order chi connectivity index (χ1) is 13.2. The third-order valence-corrected chi connectivity index (χ3v) is 4.34. The van der Waals surface area contributed by atoms with E-state index in [1.165, 1.54) is 11.1 Å². The van der Waals surface area contributed by atoms with Crippen LogP contribution in [0, 0.1) is 0 Å². The van der Waals surface area contributed by atoms with Gasteiger partial charge in [-0.1, -0.05) is 48.0 Å². The van der Waals surface area contributed by atoms with Gasteiger partial charge in [-0.2, -0.15) is 0 Å². The lowest BCUT2D eigenvalue weighted by atomic mass is 10.1. The monoisotopic (exact) mass is 381 g/mol. The maximum Gasteiger partial charge on any atom is 0.191 e. The molecule has 0 fully saturated rings. The van der Waals surface area contributed by atoms with E-state index in [4.69, 9.17) is 11.6 Å². The highest BCUT2D eigenvalue weighted by atomic mass is 35.5. The van der Waals surface area contributed by atoms with Crippen LogP contribution in [0.1, 0.15) is 23.6 Å². The number of rotatable bonds is 7. The second-order valence-electron chi connectivity index (χ2n) is 6.23. The summed E-state index contributed by atoms with van der Waals surface area (Å²) < 4.78 is 2.06. The lowest BCUT2D eigenvalue weighted by Crippen LogP contribution is -2.36. The highest BCUT2D eigenvalue weighted by Gasteiger charge is 2.00. The quantitative estimate of drug-likeness (QED) is 0.483. The van der Waals surface area contributed by atoms with E-state index in [1.54, 1.807) is 6.20 Å². The SMILES string of the molecule is CCNC(=NCc1ccc(Cl)cc1)NCc1ccc(Cn2ccnc2)cc1. The fraction of sp³-hybridized carbons (Fsp3) is 0.238. The van der Waals surface area contributed by atoms with Crippen molar-refractivity contribution in [3.8, 4) is 0 Å².